The van der Waals surface area contributed by atoms with Gasteiger partial charge >= 0.3 is 0 Å². The highest BCUT2D eigenvalue weighted by Crippen LogP contribution is 2.33. The van der Waals surface area contributed by atoms with E-state index in [-0.39, 0.29) is 29.3 Å². The van der Waals surface area contributed by atoms with Crippen LogP contribution < -0.4 is 10.2 Å². The van der Waals surface area contributed by atoms with Gasteiger partial charge in [-0.05, 0) is 53.9 Å². The van der Waals surface area contributed by atoms with E-state index in [0.29, 0.717) is 22.3 Å². The molecule has 0 spiro atoms. The summed E-state index contributed by atoms with van der Waals surface area (Å²) in [5.41, 5.74) is 2.45. The summed E-state index contributed by atoms with van der Waals surface area (Å²) >= 11 is 0. The Morgan fingerprint density at radius 2 is 1.75 bits per heavy atom. The number of fused-ring (bicyclic) bond motifs is 2. The van der Waals surface area contributed by atoms with Gasteiger partial charge in [-0.25, -0.2) is 0 Å². The first kappa shape index (κ1) is 19.8. The van der Waals surface area contributed by atoms with E-state index in [4.69, 9.17) is 13.6 Å². The Bertz CT molecular complexity index is 1520. The molecule has 0 aliphatic heterocycles. The van der Waals surface area contributed by atoms with Crippen molar-refractivity contribution >= 4 is 27.5 Å². The highest BCUT2D eigenvalue weighted by Gasteiger charge is 2.22. The van der Waals surface area contributed by atoms with E-state index in [1.54, 1.807) is 24.3 Å². The summed E-state index contributed by atoms with van der Waals surface area (Å²) in [5.74, 6) is 0.264. The fourth-order valence-corrected chi connectivity index (χ4v) is 4.02. The van der Waals surface area contributed by atoms with Gasteiger partial charge < -0.3 is 13.6 Å². The number of hydrogen-bond donors (Lipinski definition) is 0. The van der Waals surface area contributed by atoms with Crippen LogP contribution in [0.3, 0.4) is 0 Å². The minimum absolute atomic E-state index is 0.0361. The number of ether oxygens (including phenoxy) is 1. The summed E-state index contributed by atoms with van der Waals surface area (Å²) in [4.78, 5) is 26.4. The maximum absolute atomic E-state index is 13.4. The Kier molecular flexibility index (Phi) is 4.86. The summed E-state index contributed by atoms with van der Waals surface area (Å²) in [6, 6.07) is 20.3. The topological polar surface area (TPSA) is 69.7 Å². The van der Waals surface area contributed by atoms with Crippen molar-refractivity contribution < 1.29 is 18.4 Å². The van der Waals surface area contributed by atoms with Crippen LogP contribution in [-0.2, 0) is 0 Å². The van der Waals surface area contributed by atoms with Gasteiger partial charge in [-0.2, -0.15) is 0 Å². The van der Waals surface area contributed by atoms with Crippen LogP contribution in [0.4, 0.5) is 0 Å². The van der Waals surface area contributed by atoms with Gasteiger partial charge in [0.25, 0.3) is 0 Å². The number of furan rings is 1. The molecule has 5 rings (SSSR count). The van der Waals surface area contributed by atoms with Crippen LogP contribution >= 0.6 is 0 Å². The predicted octanol–water partition coefficient (Wildman–Crippen LogP) is 6.08. The molecule has 0 N–H and O–H groups in total. The quantitative estimate of drug-likeness (QED) is 0.320. The standard InChI is InChI=1S/C27H20O5/c1-16-13-17(2)25-21(14-16)24(29)27(26(32-25)23-11-6-12-30-23)31-15-22(28)20-10-5-8-18-7-3-4-9-19(18)20/h3-14H,15H2,1-2H3. The molecule has 0 unspecified atom stereocenters. The van der Waals surface area contributed by atoms with Gasteiger partial charge in [0.2, 0.25) is 22.7 Å². The largest absolute Gasteiger partial charge is 0.478 e. The lowest BCUT2D eigenvalue weighted by atomic mass is 10.0. The second kappa shape index (κ2) is 7.85. The predicted molar refractivity (Wildman–Crippen MR) is 123 cm³/mol. The first-order chi connectivity index (χ1) is 15.5. The molecule has 32 heavy (non-hydrogen) atoms. The summed E-state index contributed by atoms with van der Waals surface area (Å²) in [6.07, 6.45) is 1.49. The zero-order valence-corrected chi connectivity index (χ0v) is 17.7. The molecule has 158 valence electrons. The van der Waals surface area contributed by atoms with Gasteiger partial charge in [-0.3, -0.25) is 9.59 Å². The molecular formula is C27H20O5. The zero-order valence-electron chi connectivity index (χ0n) is 17.7. The average Bonchev–Trinajstić information content (AvgIpc) is 3.33. The molecule has 3 aromatic carbocycles. The van der Waals surface area contributed by atoms with Crippen molar-refractivity contribution in [1.29, 1.82) is 0 Å². The van der Waals surface area contributed by atoms with Crippen molar-refractivity contribution in [3.05, 3.63) is 99.9 Å². The van der Waals surface area contributed by atoms with Gasteiger partial charge in [0.1, 0.15) is 5.58 Å². The van der Waals surface area contributed by atoms with E-state index in [2.05, 4.69) is 0 Å². The maximum atomic E-state index is 13.4. The molecule has 0 saturated heterocycles. The van der Waals surface area contributed by atoms with Gasteiger partial charge in [0.15, 0.2) is 12.4 Å². The molecule has 5 aromatic rings. The van der Waals surface area contributed by atoms with Gasteiger partial charge in [-0.15, -0.1) is 0 Å². The monoisotopic (exact) mass is 424 g/mol. The summed E-state index contributed by atoms with van der Waals surface area (Å²) in [7, 11) is 0. The molecule has 0 atom stereocenters. The van der Waals surface area contributed by atoms with E-state index in [1.165, 1.54) is 6.26 Å². The number of hydrogen-bond acceptors (Lipinski definition) is 5. The first-order valence-electron chi connectivity index (χ1n) is 10.3. The normalized spacial score (nSPS) is 11.2. The Labute approximate surface area is 183 Å². The van der Waals surface area contributed by atoms with Crippen molar-refractivity contribution in [2.45, 2.75) is 13.8 Å². The van der Waals surface area contributed by atoms with Crippen molar-refractivity contribution in [3.63, 3.8) is 0 Å². The van der Waals surface area contributed by atoms with Gasteiger partial charge in [0, 0.05) is 5.56 Å². The van der Waals surface area contributed by atoms with Crippen molar-refractivity contribution in [3.8, 4) is 17.3 Å². The minimum Gasteiger partial charge on any atom is -0.478 e. The number of rotatable bonds is 5. The molecule has 2 heterocycles. The van der Waals surface area contributed by atoms with Crippen LogP contribution in [0, 0.1) is 13.8 Å². The highest BCUT2D eigenvalue weighted by molar-refractivity contribution is 6.08. The molecule has 0 saturated carbocycles. The Morgan fingerprint density at radius 3 is 2.56 bits per heavy atom. The minimum atomic E-state index is -0.338. The number of ketones is 1. The fraction of sp³-hybridized carbons (Fsp3) is 0.111. The Morgan fingerprint density at radius 1 is 0.938 bits per heavy atom. The fourth-order valence-electron chi connectivity index (χ4n) is 4.02. The number of aryl methyl sites for hydroxylation is 2. The third-order valence-electron chi connectivity index (χ3n) is 5.46. The van der Waals surface area contributed by atoms with Crippen LogP contribution in [0.15, 0.2) is 86.6 Å². The van der Waals surface area contributed by atoms with Crippen LogP contribution in [0.1, 0.15) is 21.5 Å². The molecule has 0 aliphatic rings. The molecule has 0 amide bonds. The van der Waals surface area contributed by atoms with E-state index in [9.17, 15) is 9.59 Å². The summed E-state index contributed by atoms with van der Waals surface area (Å²) in [6.45, 7) is 3.49. The van der Waals surface area contributed by atoms with Gasteiger partial charge in [0.05, 0.1) is 11.6 Å². The van der Waals surface area contributed by atoms with Crippen molar-refractivity contribution in [2.24, 2.45) is 0 Å². The van der Waals surface area contributed by atoms with Crippen LogP contribution in [0.2, 0.25) is 0 Å². The van der Waals surface area contributed by atoms with E-state index < -0.39 is 0 Å². The molecule has 0 radical (unpaired) electrons. The molecular weight excluding hydrogens is 404 g/mol. The number of benzene rings is 3. The van der Waals surface area contributed by atoms with Crippen LogP contribution in [0.5, 0.6) is 5.75 Å². The van der Waals surface area contributed by atoms with Crippen molar-refractivity contribution in [2.75, 3.05) is 6.61 Å². The molecule has 0 fully saturated rings. The summed E-state index contributed by atoms with van der Waals surface area (Å²) in [5, 5.41) is 2.21. The van der Waals surface area contributed by atoms with Gasteiger partial charge in [-0.1, -0.05) is 48.5 Å². The second-order valence-electron chi connectivity index (χ2n) is 7.76. The number of Topliss-reactive ketones (excluding diaryl/α,β-unsaturated/α-hetero) is 1. The van der Waals surface area contributed by atoms with E-state index in [0.717, 1.165) is 21.9 Å². The number of carbonyl (C=O) groups is 1. The smallest absolute Gasteiger partial charge is 0.235 e. The van der Waals surface area contributed by atoms with Crippen LogP contribution in [-0.4, -0.2) is 12.4 Å². The summed E-state index contributed by atoms with van der Waals surface area (Å²) < 4.78 is 17.4. The van der Waals surface area contributed by atoms with E-state index >= 15 is 0 Å². The first-order valence-corrected chi connectivity index (χ1v) is 10.3. The van der Waals surface area contributed by atoms with Crippen molar-refractivity contribution in [1.82, 2.24) is 0 Å². The average molecular weight is 424 g/mol. The molecule has 0 bridgehead atoms. The lowest BCUT2D eigenvalue weighted by molar-refractivity contribution is 0.0922. The highest BCUT2D eigenvalue weighted by atomic mass is 16.5. The van der Waals surface area contributed by atoms with E-state index in [1.807, 2.05) is 56.3 Å². The maximum Gasteiger partial charge on any atom is 0.235 e. The lowest BCUT2D eigenvalue weighted by Crippen LogP contribution is -2.17. The third kappa shape index (κ3) is 3.38. The Balaban J connectivity index is 1.59. The zero-order chi connectivity index (χ0) is 22.2. The lowest BCUT2D eigenvalue weighted by Gasteiger charge is -2.12. The molecule has 2 aromatic heterocycles. The second-order valence-corrected chi connectivity index (χ2v) is 7.76. The molecule has 0 aliphatic carbocycles. The SMILES string of the molecule is Cc1cc(C)c2oc(-c3ccco3)c(OCC(=O)c3cccc4ccccc34)c(=O)c2c1. The van der Waals surface area contributed by atoms with Crippen LogP contribution in [0.25, 0.3) is 33.3 Å². The number of carbonyl (C=O) groups excluding carboxylic acids is 1. The molecule has 5 nitrogen and oxygen atoms in total. The molecule has 5 heteroatoms. The Hall–Kier alpha value is -4.12. The third-order valence-corrected chi connectivity index (χ3v) is 5.46.